The van der Waals surface area contributed by atoms with Gasteiger partial charge in [-0.15, -0.1) is 0 Å². The summed E-state index contributed by atoms with van der Waals surface area (Å²) >= 11 is 0. The van der Waals surface area contributed by atoms with Crippen molar-refractivity contribution < 1.29 is 14.6 Å². The predicted octanol–water partition coefficient (Wildman–Crippen LogP) is -0.236. The molecule has 1 aliphatic rings. The van der Waals surface area contributed by atoms with E-state index in [1.807, 2.05) is 6.92 Å². The number of nitrogens with one attached hydrogen (secondary N) is 1. The van der Waals surface area contributed by atoms with Gasteiger partial charge in [-0.05, 0) is 6.92 Å². The third-order valence-electron chi connectivity index (χ3n) is 2.16. The molecule has 1 unspecified atom stereocenters. The zero-order valence-corrected chi connectivity index (χ0v) is 8.21. The maximum absolute atomic E-state index is 9.82. The molecule has 4 heteroatoms. The van der Waals surface area contributed by atoms with Crippen LogP contribution in [0.2, 0.25) is 0 Å². The van der Waals surface area contributed by atoms with Gasteiger partial charge in [0.15, 0.2) is 0 Å². The van der Waals surface area contributed by atoms with Crippen LogP contribution in [0.3, 0.4) is 0 Å². The number of hydrogen-bond acceptors (Lipinski definition) is 4. The quantitative estimate of drug-likeness (QED) is 0.566. The van der Waals surface area contributed by atoms with Crippen molar-refractivity contribution in [2.24, 2.45) is 0 Å². The summed E-state index contributed by atoms with van der Waals surface area (Å²) in [5.41, 5.74) is -0.647. The van der Waals surface area contributed by atoms with Crippen molar-refractivity contribution in [1.82, 2.24) is 5.32 Å². The minimum Gasteiger partial charge on any atom is -0.386 e. The maximum Gasteiger partial charge on any atom is 0.102 e. The number of aliphatic hydroxyl groups is 1. The van der Waals surface area contributed by atoms with Crippen LogP contribution in [-0.2, 0) is 9.47 Å². The number of rotatable bonds is 6. The first-order valence-corrected chi connectivity index (χ1v) is 4.85. The molecule has 0 aromatic carbocycles. The third kappa shape index (κ3) is 4.04. The van der Waals surface area contributed by atoms with E-state index in [9.17, 15) is 5.11 Å². The van der Waals surface area contributed by atoms with Crippen LogP contribution in [0.25, 0.3) is 0 Å². The SMILES string of the molecule is CCOCCNCC1(O)CCOC1. The van der Waals surface area contributed by atoms with Gasteiger partial charge in [0.05, 0.1) is 13.2 Å². The molecule has 1 heterocycles. The van der Waals surface area contributed by atoms with Crippen molar-refractivity contribution in [3.63, 3.8) is 0 Å². The predicted molar refractivity (Wildman–Crippen MR) is 49.7 cm³/mol. The van der Waals surface area contributed by atoms with Crippen molar-refractivity contribution in [3.8, 4) is 0 Å². The van der Waals surface area contributed by atoms with Crippen molar-refractivity contribution in [3.05, 3.63) is 0 Å². The second kappa shape index (κ2) is 5.54. The maximum atomic E-state index is 9.82. The summed E-state index contributed by atoms with van der Waals surface area (Å²) in [7, 11) is 0. The molecule has 1 aliphatic heterocycles. The average Bonchev–Trinajstić information content (AvgIpc) is 2.53. The molecule has 0 bridgehead atoms. The molecular formula is C9H19NO3. The molecule has 0 amide bonds. The van der Waals surface area contributed by atoms with E-state index < -0.39 is 5.60 Å². The van der Waals surface area contributed by atoms with E-state index in [1.165, 1.54) is 0 Å². The summed E-state index contributed by atoms with van der Waals surface area (Å²) in [6, 6.07) is 0. The fraction of sp³-hybridized carbons (Fsp3) is 1.00. The molecule has 2 N–H and O–H groups in total. The summed E-state index contributed by atoms with van der Waals surface area (Å²) < 4.78 is 10.3. The van der Waals surface area contributed by atoms with Crippen molar-refractivity contribution >= 4 is 0 Å². The van der Waals surface area contributed by atoms with Gasteiger partial charge in [-0.25, -0.2) is 0 Å². The Balaban J connectivity index is 1.98. The number of hydrogen-bond donors (Lipinski definition) is 2. The second-order valence-electron chi connectivity index (χ2n) is 3.40. The third-order valence-corrected chi connectivity index (χ3v) is 2.16. The van der Waals surface area contributed by atoms with Crippen LogP contribution in [0.5, 0.6) is 0 Å². The van der Waals surface area contributed by atoms with Crippen LogP contribution in [-0.4, -0.2) is 50.2 Å². The van der Waals surface area contributed by atoms with Crippen LogP contribution < -0.4 is 5.32 Å². The highest BCUT2D eigenvalue weighted by atomic mass is 16.5. The van der Waals surface area contributed by atoms with Crippen LogP contribution in [0.4, 0.5) is 0 Å². The highest BCUT2D eigenvalue weighted by Gasteiger charge is 2.31. The number of ether oxygens (including phenoxy) is 2. The van der Waals surface area contributed by atoms with E-state index in [2.05, 4.69) is 5.32 Å². The van der Waals surface area contributed by atoms with Crippen molar-refractivity contribution in [2.75, 3.05) is 39.5 Å². The lowest BCUT2D eigenvalue weighted by Crippen LogP contribution is -2.42. The van der Waals surface area contributed by atoms with E-state index in [1.54, 1.807) is 0 Å². The molecule has 0 aromatic rings. The Kier molecular flexibility index (Phi) is 4.66. The molecule has 13 heavy (non-hydrogen) atoms. The van der Waals surface area contributed by atoms with Gasteiger partial charge in [-0.3, -0.25) is 0 Å². The fourth-order valence-corrected chi connectivity index (χ4v) is 1.35. The summed E-state index contributed by atoms with van der Waals surface area (Å²) in [5.74, 6) is 0. The van der Waals surface area contributed by atoms with E-state index in [4.69, 9.17) is 9.47 Å². The van der Waals surface area contributed by atoms with E-state index in [0.29, 0.717) is 26.4 Å². The van der Waals surface area contributed by atoms with Gasteiger partial charge < -0.3 is 19.9 Å². The molecule has 0 saturated carbocycles. The molecule has 1 fully saturated rings. The first kappa shape index (κ1) is 10.9. The Bertz CT molecular complexity index is 135. The molecule has 4 nitrogen and oxygen atoms in total. The first-order valence-electron chi connectivity index (χ1n) is 4.85. The highest BCUT2D eigenvalue weighted by molar-refractivity contribution is 4.84. The molecule has 1 rings (SSSR count). The normalized spacial score (nSPS) is 28.2. The van der Waals surface area contributed by atoms with Gasteiger partial charge in [0, 0.05) is 32.7 Å². The molecule has 0 aliphatic carbocycles. The molecule has 1 saturated heterocycles. The standard InChI is InChI=1S/C9H19NO3/c1-2-12-6-4-10-7-9(11)3-5-13-8-9/h10-11H,2-8H2,1H3. The Morgan fingerprint density at radius 1 is 1.62 bits per heavy atom. The van der Waals surface area contributed by atoms with Gasteiger partial charge in [0.1, 0.15) is 5.60 Å². The highest BCUT2D eigenvalue weighted by Crippen LogP contribution is 2.16. The van der Waals surface area contributed by atoms with Gasteiger partial charge in [-0.1, -0.05) is 0 Å². The van der Waals surface area contributed by atoms with Gasteiger partial charge >= 0.3 is 0 Å². The fourth-order valence-electron chi connectivity index (χ4n) is 1.35. The summed E-state index contributed by atoms with van der Waals surface area (Å²) in [4.78, 5) is 0. The minimum atomic E-state index is -0.647. The molecule has 0 spiro atoms. The Labute approximate surface area is 79.2 Å². The van der Waals surface area contributed by atoms with Crippen LogP contribution in [0, 0.1) is 0 Å². The lowest BCUT2D eigenvalue weighted by atomic mass is 10.0. The lowest BCUT2D eigenvalue weighted by molar-refractivity contribution is 0.0254. The van der Waals surface area contributed by atoms with E-state index >= 15 is 0 Å². The summed E-state index contributed by atoms with van der Waals surface area (Å²) in [6.07, 6.45) is 0.731. The van der Waals surface area contributed by atoms with Crippen LogP contribution in [0.15, 0.2) is 0 Å². The first-order chi connectivity index (χ1) is 6.27. The van der Waals surface area contributed by atoms with Crippen LogP contribution in [0.1, 0.15) is 13.3 Å². The molecule has 0 aromatic heterocycles. The lowest BCUT2D eigenvalue weighted by Gasteiger charge is -2.20. The van der Waals surface area contributed by atoms with Crippen LogP contribution >= 0.6 is 0 Å². The van der Waals surface area contributed by atoms with Gasteiger partial charge in [-0.2, -0.15) is 0 Å². The van der Waals surface area contributed by atoms with Gasteiger partial charge in [0.25, 0.3) is 0 Å². The molecular weight excluding hydrogens is 170 g/mol. The minimum absolute atomic E-state index is 0.453. The summed E-state index contributed by atoms with van der Waals surface area (Å²) in [5, 5.41) is 13.0. The molecule has 1 atom stereocenters. The van der Waals surface area contributed by atoms with Crippen molar-refractivity contribution in [1.29, 1.82) is 0 Å². The smallest absolute Gasteiger partial charge is 0.102 e. The Morgan fingerprint density at radius 2 is 2.46 bits per heavy atom. The molecule has 0 radical (unpaired) electrons. The largest absolute Gasteiger partial charge is 0.386 e. The summed E-state index contributed by atoms with van der Waals surface area (Å²) in [6.45, 7) is 5.93. The van der Waals surface area contributed by atoms with E-state index in [0.717, 1.165) is 19.6 Å². The second-order valence-corrected chi connectivity index (χ2v) is 3.40. The monoisotopic (exact) mass is 189 g/mol. The zero-order valence-electron chi connectivity index (χ0n) is 8.21. The average molecular weight is 189 g/mol. The van der Waals surface area contributed by atoms with E-state index in [-0.39, 0.29) is 0 Å². The Morgan fingerprint density at radius 3 is 3.08 bits per heavy atom. The van der Waals surface area contributed by atoms with Crippen molar-refractivity contribution in [2.45, 2.75) is 18.9 Å². The Hall–Kier alpha value is -0.160. The van der Waals surface area contributed by atoms with Gasteiger partial charge in [0.2, 0.25) is 0 Å². The topological polar surface area (TPSA) is 50.7 Å². The zero-order chi connectivity index (χ0) is 9.57. The molecule has 78 valence electrons.